The second-order valence-electron chi connectivity index (χ2n) is 11.9. The fourth-order valence-electron chi connectivity index (χ4n) is 7.49. The van der Waals surface area contributed by atoms with Crippen molar-refractivity contribution < 1.29 is 0 Å². The summed E-state index contributed by atoms with van der Waals surface area (Å²) in [6.45, 7) is 0. The number of para-hydroxylation sites is 2. The molecule has 5 heteroatoms. The van der Waals surface area contributed by atoms with Gasteiger partial charge in [-0.1, -0.05) is 140 Å². The molecule has 0 aliphatic rings. The average molecular weight is 619 g/mol. The first-order chi connectivity index (χ1) is 23.4. The van der Waals surface area contributed by atoms with Gasteiger partial charge in [0.15, 0.2) is 8.07 Å². The van der Waals surface area contributed by atoms with Crippen molar-refractivity contribution >= 4 is 61.8 Å². The fraction of sp³-hybridized carbons (Fsp3) is 0. The number of nitrogens with zero attached hydrogens (tertiary/aromatic N) is 4. The molecule has 4 nitrogen and oxygen atoms in total. The zero-order valence-electron chi connectivity index (χ0n) is 25.6. The summed E-state index contributed by atoms with van der Waals surface area (Å²) < 4.78 is 4.69. The molecule has 6 aromatic carbocycles. The molecule has 222 valence electrons. The summed E-state index contributed by atoms with van der Waals surface area (Å²) >= 11 is 0. The summed E-state index contributed by atoms with van der Waals surface area (Å²) in [5.41, 5.74) is 6.35. The van der Waals surface area contributed by atoms with Crippen LogP contribution in [0.2, 0.25) is 0 Å². The monoisotopic (exact) mass is 618 g/mol. The predicted octanol–water partition coefficient (Wildman–Crippen LogP) is 6.90. The van der Waals surface area contributed by atoms with Gasteiger partial charge >= 0.3 is 0 Å². The molecule has 0 radical (unpaired) electrons. The van der Waals surface area contributed by atoms with Crippen molar-refractivity contribution in [2.75, 3.05) is 0 Å². The lowest BCUT2D eigenvalue weighted by molar-refractivity contribution is 1.06. The summed E-state index contributed by atoms with van der Waals surface area (Å²) in [6.07, 6.45) is 3.60. The van der Waals surface area contributed by atoms with Gasteiger partial charge in [0.25, 0.3) is 0 Å². The lowest BCUT2D eigenvalue weighted by Gasteiger charge is -2.34. The van der Waals surface area contributed by atoms with Crippen molar-refractivity contribution in [3.63, 3.8) is 0 Å². The molecule has 0 atom stereocenters. The van der Waals surface area contributed by atoms with Gasteiger partial charge in [0.1, 0.15) is 17.5 Å². The highest BCUT2D eigenvalue weighted by atomic mass is 28.3. The van der Waals surface area contributed by atoms with E-state index >= 15 is 0 Å². The van der Waals surface area contributed by atoms with Crippen LogP contribution in [0.15, 0.2) is 182 Å². The molecule has 0 unspecified atom stereocenters. The van der Waals surface area contributed by atoms with E-state index in [1.54, 1.807) is 6.33 Å². The zero-order valence-corrected chi connectivity index (χ0v) is 26.6. The second kappa shape index (κ2) is 11.1. The molecule has 3 aromatic heterocycles. The summed E-state index contributed by atoms with van der Waals surface area (Å²) in [6, 6.07) is 61.6. The molecule has 0 amide bonds. The van der Waals surface area contributed by atoms with E-state index < -0.39 is 8.07 Å². The number of benzene rings is 6. The molecule has 0 aliphatic heterocycles. The maximum absolute atomic E-state index is 4.85. The molecule has 9 rings (SSSR count). The van der Waals surface area contributed by atoms with Gasteiger partial charge in [0, 0.05) is 16.8 Å². The zero-order chi connectivity index (χ0) is 31.2. The third-order valence-corrected chi connectivity index (χ3v) is 14.2. The van der Waals surface area contributed by atoms with Gasteiger partial charge < -0.3 is 0 Å². The van der Waals surface area contributed by atoms with E-state index in [9.17, 15) is 0 Å². The minimum Gasteiger partial charge on any atom is -0.295 e. The van der Waals surface area contributed by atoms with Gasteiger partial charge in [-0.2, -0.15) is 0 Å². The van der Waals surface area contributed by atoms with E-state index in [1.807, 2.05) is 6.20 Å². The van der Waals surface area contributed by atoms with E-state index in [1.165, 1.54) is 26.1 Å². The number of hydrogen-bond donors (Lipinski definition) is 0. The Balaban J connectivity index is 1.34. The Morgan fingerprint density at radius 1 is 0.426 bits per heavy atom. The molecular formula is C42H30N4Si. The standard InChI is InChI=1S/C42H30N4Si/c1-5-15-31(16-6-1)45-38-24-14-13-23-37(38)40-41-39(29-43-30-44-41)46(42(40)45)32-25-27-36(28-26-32)47(33-17-7-2-8-18-33,34-19-9-3-10-20-34)35-21-11-4-12-22-35/h1-30H. The molecular weight excluding hydrogens is 589 g/mol. The molecule has 47 heavy (non-hydrogen) atoms. The fourth-order valence-corrected chi connectivity index (χ4v) is 12.2. The van der Waals surface area contributed by atoms with Crippen LogP contribution in [0.1, 0.15) is 0 Å². The highest BCUT2D eigenvalue weighted by Gasteiger charge is 2.41. The van der Waals surface area contributed by atoms with Crippen LogP contribution in [0, 0.1) is 0 Å². The molecule has 0 spiro atoms. The van der Waals surface area contributed by atoms with Crippen LogP contribution in [0.5, 0.6) is 0 Å². The first kappa shape index (κ1) is 27.3. The van der Waals surface area contributed by atoms with Crippen molar-refractivity contribution in [2.45, 2.75) is 0 Å². The van der Waals surface area contributed by atoms with Crippen molar-refractivity contribution in [3.8, 4) is 11.4 Å². The second-order valence-corrected chi connectivity index (χ2v) is 15.7. The van der Waals surface area contributed by atoms with Gasteiger partial charge in [0.2, 0.25) is 0 Å². The van der Waals surface area contributed by atoms with Crippen molar-refractivity contribution in [1.29, 1.82) is 0 Å². The van der Waals surface area contributed by atoms with Crippen molar-refractivity contribution in [2.24, 2.45) is 0 Å². The maximum atomic E-state index is 4.85. The summed E-state index contributed by atoms with van der Waals surface area (Å²) in [5, 5.41) is 7.71. The van der Waals surface area contributed by atoms with Gasteiger partial charge in [-0.25, -0.2) is 9.97 Å². The van der Waals surface area contributed by atoms with Gasteiger partial charge in [-0.05, 0) is 51.1 Å². The summed E-state index contributed by atoms with van der Waals surface area (Å²) in [7, 11) is -2.64. The first-order valence-electron chi connectivity index (χ1n) is 15.9. The molecule has 0 bridgehead atoms. The highest BCUT2D eigenvalue weighted by molar-refractivity contribution is 7.19. The number of fused-ring (bicyclic) bond motifs is 5. The molecule has 0 saturated heterocycles. The lowest BCUT2D eigenvalue weighted by Crippen LogP contribution is -2.74. The third-order valence-electron chi connectivity index (χ3n) is 9.43. The molecule has 3 heterocycles. The largest absolute Gasteiger partial charge is 0.295 e. The SMILES string of the molecule is c1ccc(-n2c3ccccc3c3c4ncncc4n(-c4ccc([Si](c5ccccc5)(c5ccccc5)c5ccccc5)cc4)c32)cc1. The topological polar surface area (TPSA) is 35.6 Å². The molecule has 0 fully saturated rings. The Hall–Kier alpha value is -6.04. The van der Waals surface area contributed by atoms with Crippen LogP contribution < -0.4 is 20.7 Å². The van der Waals surface area contributed by atoms with Crippen LogP contribution in [0.3, 0.4) is 0 Å². The maximum Gasteiger partial charge on any atom is 0.179 e. The van der Waals surface area contributed by atoms with E-state index in [2.05, 4.69) is 184 Å². The minimum absolute atomic E-state index is 0.950. The van der Waals surface area contributed by atoms with Crippen molar-refractivity contribution in [3.05, 3.63) is 182 Å². The predicted molar refractivity (Wildman–Crippen MR) is 197 cm³/mol. The first-order valence-corrected chi connectivity index (χ1v) is 17.9. The Kier molecular flexibility index (Phi) is 6.44. The minimum atomic E-state index is -2.64. The van der Waals surface area contributed by atoms with Crippen LogP contribution in [-0.4, -0.2) is 27.2 Å². The van der Waals surface area contributed by atoms with Crippen molar-refractivity contribution in [1.82, 2.24) is 19.1 Å². The molecule has 0 N–H and O–H groups in total. The van der Waals surface area contributed by atoms with Crippen LogP contribution in [0.4, 0.5) is 0 Å². The summed E-state index contributed by atoms with van der Waals surface area (Å²) in [4.78, 5) is 9.35. The van der Waals surface area contributed by atoms with Gasteiger partial charge in [-0.15, -0.1) is 0 Å². The Morgan fingerprint density at radius 2 is 0.894 bits per heavy atom. The molecule has 0 aliphatic carbocycles. The van der Waals surface area contributed by atoms with E-state index in [4.69, 9.17) is 4.98 Å². The number of hydrogen-bond acceptors (Lipinski definition) is 2. The lowest BCUT2D eigenvalue weighted by atomic mass is 10.2. The molecule has 0 saturated carbocycles. The Bertz CT molecular complexity index is 2390. The molecule has 9 aromatic rings. The smallest absolute Gasteiger partial charge is 0.179 e. The average Bonchev–Trinajstić information content (AvgIpc) is 3.67. The number of aromatic nitrogens is 4. The van der Waals surface area contributed by atoms with E-state index in [0.29, 0.717) is 0 Å². The van der Waals surface area contributed by atoms with Gasteiger partial charge in [-0.3, -0.25) is 9.13 Å². The van der Waals surface area contributed by atoms with E-state index in [-0.39, 0.29) is 0 Å². The number of rotatable bonds is 6. The Morgan fingerprint density at radius 3 is 1.49 bits per heavy atom. The van der Waals surface area contributed by atoms with Gasteiger partial charge in [0.05, 0.1) is 22.6 Å². The van der Waals surface area contributed by atoms with E-state index in [0.717, 1.165) is 39.0 Å². The quantitative estimate of drug-likeness (QED) is 0.150. The highest BCUT2D eigenvalue weighted by Crippen LogP contribution is 2.39. The van der Waals surface area contributed by atoms with Crippen LogP contribution in [0.25, 0.3) is 44.3 Å². The van der Waals surface area contributed by atoms with Crippen LogP contribution >= 0.6 is 0 Å². The Labute approximate surface area is 273 Å². The third kappa shape index (κ3) is 4.14. The normalized spacial score (nSPS) is 11.8. The summed E-state index contributed by atoms with van der Waals surface area (Å²) in [5.74, 6) is 0. The van der Waals surface area contributed by atoms with Crippen LogP contribution in [-0.2, 0) is 0 Å².